The van der Waals surface area contributed by atoms with Gasteiger partial charge in [-0.15, -0.1) is 0 Å². The summed E-state index contributed by atoms with van der Waals surface area (Å²) in [6.45, 7) is 5.94. The van der Waals surface area contributed by atoms with Gasteiger partial charge in [0.1, 0.15) is 5.69 Å². The molecule has 4 rings (SSSR count). The standard InChI is InChI=1S/C18H26N4O5/c1-13-15(20-12-19-13)17(24)21-4-2-18(3-5-21)11-22(6-7-27-18)16(23)14-10-25-8-9-26-14/h12,14H,2-11H2,1H3,(H,19,20). The fourth-order valence-electron chi connectivity index (χ4n) is 4.01. The molecule has 27 heavy (non-hydrogen) atoms. The van der Waals surface area contributed by atoms with E-state index in [9.17, 15) is 9.59 Å². The molecule has 0 aromatic carbocycles. The molecular formula is C18H26N4O5. The van der Waals surface area contributed by atoms with Crippen molar-refractivity contribution in [3.63, 3.8) is 0 Å². The molecule has 1 aromatic rings. The van der Waals surface area contributed by atoms with Crippen LogP contribution in [0.5, 0.6) is 0 Å². The summed E-state index contributed by atoms with van der Waals surface area (Å²) in [6.07, 6.45) is 2.43. The van der Waals surface area contributed by atoms with Gasteiger partial charge in [-0.1, -0.05) is 0 Å². The van der Waals surface area contributed by atoms with Crippen LogP contribution in [0.15, 0.2) is 6.33 Å². The van der Waals surface area contributed by atoms with E-state index in [4.69, 9.17) is 14.2 Å². The van der Waals surface area contributed by atoms with Crippen molar-refractivity contribution in [1.82, 2.24) is 19.8 Å². The number of piperidine rings is 1. The van der Waals surface area contributed by atoms with Crippen LogP contribution in [-0.2, 0) is 19.0 Å². The number of likely N-dealkylation sites (tertiary alicyclic amines) is 1. The highest BCUT2D eigenvalue weighted by Gasteiger charge is 2.43. The molecule has 1 aromatic heterocycles. The molecule has 0 aliphatic carbocycles. The van der Waals surface area contributed by atoms with Crippen LogP contribution in [0.1, 0.15) is 29.0 Å². The van der Waals surface area contributed by atoms with Gasteiger partial charge < -0.3 is 29.0 Å². The average Bonchev–Trinajstić information content (AvgIpc) is 3.14. The van der Waals surface area contributed by atoms with Gasteiger partial charge in [0.05, 0.1) is 38.4 Å². The molecule has 0 saturated carbocycles. The summed E-state index contributed by atoms with van der Waals surface area (Å²) in [6, 6.07) is 0. The first kappa shape index (κ1) is 18.4. The van der Waals surface area contributed by atoms with Crippen LogP contribution in [0.3, 0.4) is 0 Å². The average molecular weight is 378 g/mol. The molecule has 3 aliphatic rings. The highest BCUT2D eigenvalue weighted by atomic mass is 16.6. The molecule has 3 aliphatic heterocycles. The molecule has 3 fully saturated rings. The van der Waals surface area contributed by atoms with E-state index in [2.05, 4.69) is 9.97 Å². The molecule has 2 amide bonds. The van der Waals surface area contributed by atoms with Crippen LogP contribution >= 0.6 is 0 Å². The Balaban J connectivity index is 1.36. The fraction of sp³-hybridized carbons (Fsp3) is 0.722. The summed E-state index contributed by atoms with van der Waals surface area (Å²) < 4.78 is 17.0. The van der Waals surface area contributed by atoms with E-state index in [1.165, 1.54) is 0 Å². The number of carbonyl (C=O) groups excluding carboxylic acids is 2. The van der Waals surface area contributed by atoms with Crippen LogP contribution < -0.4 is 0 Å². The molecule has 3 saturated heterocycles. The number of amides is 2. The van der Waals surface area contributed by atoms with Gasteiger partial charge in [0, 0.05) is 31.9 Å². The predicted octanol–water partition coefficient (Wildman–Crippen LogP) is -0.0329. The Bertz CT molecular complexity index is 692. The number of morpholine rings is 1. The summed E-state index contributed by atoms with van der Waals surface area (Å²) in [5.41, 5.74) is 0.864. The first-order valence-corrected chi connectivity index (χ1v) is 9.49. The quantitative estimate of drug-likeness (QED) is 0.776. The van der Waals surface area contributed by atoms with E-state index in [-0.39, 0.29) is 17.4 Å². The third-order valence-electron chi connectivity index (χ3n) is 5.65. The molecule has 1 spiro atoms. The summed E-state index contributed by atoms with van der Waals surface area (Å²) in [7, 11) is 0. The van der Waals surface area contributed by atoms with Crippen molar-refractivity contribution in [2.45, 2.75) is 31.5 Å². The lowest BCUT2D eigenvalue weighted by Crippen LogP contribution is -2.60. The molecule has 1 unspecified atom stereocenters. The van der Waals surface area contributed by atoms with Gasteiger partial charge in [0.15, 0.2) is 6.10 Å². The maximum Gasteiger partial charge on any atom is 0.274 e. The normalized spacial score (nSPS) is 25.6. The van der Waals surface area contributed by atoms with Crippen LogP contribution in [0.2, 0.25) is 0 Å². The van der Waals surface area contributed by atoms with E-state index in [0.29, 0.717) is 71.1 Å². The highest BCUT2D eigenvalue weighted by molar-refractivity contribution is 5.93. The first-order valence-electron chi connectivity index (χ1n) is 9.49. The minimum atomic E-state index is -0.516. The van der Waals surface area contributed by atoms with Gasteiger partial charge in [-0.2, -0.15) is 0 Å². The Morgan fingerprint density at radius 2 is 2.00 bits per heavy atom. The number of hydrogen-bond acceptors (Lipinski definition) is 6. The molecule has 0 radical (unpaired) electrons. The van der Waals surface area contributed by atoms with Crippen molar-refractivity contribution < 1.29 is 23.8 Å². The number of nitrogens with one attached hydrogen (secondary N) is 1. The number of rotatable bonds is 2. The monoisotopic (exact) mass is 378 g/mol. The number of aromatic amines is 1. The minimum Gasteiger partial charge on any atom is -0.376 e. The van der Waals surface area contributed by atoms with Gasteiger partial charge >= 0.3 is 0 Å². The maximum atomic E-state index is 12.7. The number of aryl methyl sites for hydroxylation is 1. The Morgan fingerprint density at radius 1 is 1.19 bits per heavy atom. The van der Waals surface area contributed by atoms with Crippen molar-refractivity contribution in [1.29, 1.82) is 0 Å². The lowest BCUT2D eigenvalue weighted by Gasteiger charge is -2.47. The number of aromatic nitrogens is 2. The van der Waals surface area contributed by atoms with E-state index >= 15 is 0 Å². The molecule has 148 valence electrons. The van der Waals surface area contributed by atoms with Gasteiger partial charge in [0.2, 0.25) is 0 Å². The van der Waals surface area contributed by atoms with Gasteiger partial charge in [0.25, 0.3) is 11.8 Å². The summed E-state index contributed by atoms with van der Waals surface area (Å²) >= 11 is 0. The number of nitrogens with zero attached hydrogens (tertiary/aromatic N) is 3. The fourth-order valence-corrected chi connectivity index (χ4v) is 4.01. The van der Waals surface area contributed by atoms with Crippen LogP contribution in [0.4, 0.5) is 0 Å². The SMILES string of the molecule is Cc1[nH]cnc1C(=O)N1CCC2(CC1)CN(C(=O)C1COCCO1)CCO2. The first-order chi connectivity index (χ1) is 13.1. The van der Waals surface area contributed by atoms with Crippen molar-refractivity contribution in [2.75, 3.05) is 52.6 Å². The molecular weight excluding hydrogens is 352 g/mol. The zero-order valence-corrected chi connectivity index (χ0v) is 15.6. The van der Waals surface area contributed by atoms with Crippen molar-refractivity contribution in [3.05, 3.63) is 17.7 Å². The Hall–Kier alpha value is -1.97. The zero-order chi connectivity index (χ0) is 18.9. The molecule has 9 nitrogen and oxygen atoms in total. The zero-order valence-electron chi connectivity index (χ0n) is 15.6. The van der Waals surface area contributed by atoms with Crippen LogP contribution in [0, 0.1) is 6.92 Å². The van der Waals surface area contributed by atoms with Gasteiger partial charge in [-0.25, -0.2) is 4.98 Å². The highest BCUT2D eigenvalue weighted by Crippen LogP contribution is 2.31. The molecule has 1 atom stereocenters. The van der Waals surface area contributed by atoms with Gasteiger partial charge in [-0.05, 0) is 19.8 Å². The lowest BCUT2D eigenvalue weighted by molar-refractivity contribution is -0.176. The predicted molar refractivity (Wildman–Crippen MR) is 94.3 cm³/mol. The molecule has 9 heteroatoms. The number of imidazole rings is 1. The number of ether oxygens (including phenoxy) is 3. The Kier molecular flexibility index (Phi) is 5.16. The molecule has 0 bridgehead atoms. The van der Waals surface area contributed by atoms with E-state index in [1.807, 2.05) is 16.7 Å². The summed E-state index contributed by atoms with van der Waals surface area (Å²) in [5.74, 6) is -0.0804. The number of H-pyrrole nitrogens is 1. The maximum absolute atomic E-state index is 12.7. The largest absolute Gasteiger partial charge is 0.376 e. The minimum absolute atomic E-state index is 0.0250. The third-order valence-corrected chi connectivity index (χ3v) is 5.65. The summed E-state index contributed by atoms with van der Waals surface area (Å²) in [5, 5.41) is 0. The summed E-state index contributed by atoms with van der Waals surface area (Å²) in [4.78, 5) is 36.1. The number of carbonyl (C=O) groups is 2. The Morgan fingerprint density at radius 3 is 2.67 bits per heavy atom. The van der Waals surface area contributed by atoms with E-state index in [1.54, 1.807) is 6.33 Å². The van der Waals surface area contributed by atoms with Crippen LogP contribution in [-0.4, -0.2) is 95.9 Å². The Labute approximate surface area is 158 Å². The second kappa shape index (κ2) is 7.57. The van der Waals surface area contributed by atoms with Crippen molar-refractivity contribution in [2.24, 2.45) is 0 Å². The smallest absolute Gasteiger partial charge is 0.274 e. The molecule has 1 N–H and O–H groups in total. The second-order valence-electron chi connectivity index (χ2n) is 7.39. The van der Waals surface area contributed by atoms with E-state index < -0.39 is 6.10 Å². The van der Waals surface area contributed by atoms with Crippen LogP contribution in [0.25, 0.3) is 0 Å². The topological polar surface area (TPSA) is 97.0 Å². The third kappa shape index (κ3) is 3.71. The van der Waals surface area contributed by atoms with E-state index in [0.717, 1.165) is 5.69 Å². The number of hydrogen-bond donors (Lipinski definition) is 1. The van der Waals surface area contributed by atoms with Crippen molar-refractivity contribution >= 4 is 11.8 Å². The lowest BCUT2D eigenvalue weighted by atomic mass is 9.89. The van der Waals surface area contributed by atoms with Crippen molar-refractivity contribution in [3.8, 4) is 0 Å². The second-order valence-corrected chi connectivity index (χ2v) is 7.39. The molecule has 4 heterocycles. The van der Waals surface area contributed by atoms with Gasteiger partial charge in [-0.3, -0.25) is 9.59 Å².